The number of hydrogen-bond donors (Lipinski definition) is 0. The maximum absolute atomic E-state index is 14.5. The van der Waals surface area contributed by atoms with Gasteiger partial charge >= 0.3 is 0 Å². The van der Waals surface area contributed by atoms with E-state index < -0.39 is 0 Å². The summed E-state index contributed by atoms with van der Waals surface area (Å²) < 4.78 is 7.83. The molecule has 9 aromatic rings. The Morgan fingerprint density at radius 1 is 0.533 bits per heavy atom. The van der Waals surface area contributed by atoms with Gasteiger partial charge in [0.1, 0.15) is 11.2 Å². The van der Waals surface area contributed by atoms with Gasteiger partial charge in [-0.05, 0) is 91.7 Å². The van der Waals surface area contributed by atoms with Gasteiger partial charge in [0.25, 0.3) is 11.1 Å². The third-order valence-corrected chi connectivity index (χ3v) is 9.99. The lowest BCUT2D eigenvalue weighted by Crippen LogP contribution is -2.33. The van der Waals surface area contributed by atoms with E-state index >= 15 is 0 Å². The minimum Gasteiger partial charge on any atom is -0.456 e. The molecule has 0 aliphatic heterocycles. The van der Waals surface area contributed by atoms with E-state index in [9.17, 15) is 9.59 Å². The van der Waals surface area contributed by atoms with Crippen molar-refractivity contribution in [1.29, 1.82) is 0 Å². The second-order valence-electron chi connectivity index (χ2n) is 12.9. The number of benzene rings is 7. The van der Waals surface area contributed by atoms with Gasteiger partial charge in [0.2, 0.25) is 0 Å². The summed E-state index contributed by atoms with van der Waals surface area (Å²) in [5.74, 6) is 0.283. The zero-order chi connectivity index (χ0) is 30.9. The molecule has 0 amide bonds. The largest absolute Gasteiger partial charge is 0.456 e. The molecule has 0 atom stereocenters. The maximum atomic E-state index is 14.5. The van der Waals surface area contributed by atoms with Crippen LogP contribution in [0.5, 0.6) is 0 Å². The summed E-state index contributed by atoms with van der Waals surface area (Å²) in [5.41, 5.74) is 3.71. The first kappa shape index (κ1) is 26.5. The van der Waals surface area contributed by atoms with E-state index in [0.717, 1.165) is 81.8 Å². The molecule has 0 N–H and O–H groups in total. The lowest BCUT2D eigenvalue weighted by molar-refractivity contribution is 0.662. The maximum Gasteiger partial charge on any atom is 0.266 e. The fourth-order valence-corrected chi connectivity index (χ4v) is 7.91. The van der Waals surface area contributed by atoms with Crippen molar-refractivity contribution in [1.82, 2.24) is 4.57 Å². The summed E-state index contributed by atoms with van der Waals surface area (Å²) in [7, 11) is 0. The first-order chi connectivity index (χ1) is 21.7. The van der Waals surface area contributed by atoms with Crippen LogP contribution in [0.15, 0.2) is 98.9 Å². The van der Waals surface area contributed by atoms with Crippen LogP contribution in [0.3, 0.4) is 0 Å². The van der Waals surface area contributed by atoms with Crippen LogP contribution >= 0.6 is 11.6 Å². The number of rotatable bonds is 3. The standard InChI is InChI=1S/C40H28ClNO3/c1-19(2)22-6-5-7-23(20(3)4)38(22)42-39(43)30-14-12-26-28-11-10-25-24-9-8-21(41)18-33(24)45-32-17-16-29(35(28)37(25)32)27-13-15-31(40(42)44)36(30)34(26)27/h5-20H,1-4H3. The number of pyridine rings is 1. The molecule has 0 saturated carbocycles. The molecule has 4 nitrogen and oxygen atoms in total. The molecule has 2 aromatic heterocycles. The van der Waals surface area contributed by atoms with Crippen molar-refractivity contribution in [3.05, 3.63) is 122 Å². The molecular formula is C40H28ClNO3. The minimum atomic E-state index is -0.272. The smallest absolute Gasteiger partial charge is 0.266 e. The normalized spacial score (nSPS) is 12.7. The van der Waals surface area contributed by atoms with Crippen LogP contribution < -0.4 is 11.1 Å². The Bertz CT molecular complexity index is 2710. The van der Waals surface area contributed by atoms with Crippen molar-refractivity contribution >= 4 is 87.4 Å². The third-order valence-electron chi connectivity index (χ3n) is 9.75. The molecule has 7 aromatic carbocycles. The van der Waals surface area contributed by atoms with Crippen LogP contribution in [0.2, 0.25) is 5.02 Å². The summed E-state index contributed by atoms with van der Waals surface area (Å²) >= 11 is 6.31. The van der Waals surface area contributed by atoms with E-state index in [-0.39, 0.29) is 23.0 Å². The summed E-state index contributed by atoms with van der Waals surface area (Å²) in [4.78, 5) is 29.0. The number of nitrogens with zero attached hydrogens (tertiary/aromatic N) is 1. The van der Waals surface area contributed by atoms with Crippen LogP contribution in [-0.2, 0) is 0 Å². The lowest BCUT2D eigenvalue weighted by atomic mass is 9.86. The van der Waals surface area contributed by atoms with E-state index in [0.29, 0.717) is 15.8 Å². The molecule has 0 spiro atoms. The van der Waals surface area contributed by atoms with Gasteiger partial charge in [-0.3, -0.25) is 9.59 Å². The van der Waals surface area contributed by atoms with Gasteiger partial charge < -0.3 is 4.42 Å². The number of halogens is 1. The van der Waals surface area contributed by atoms with Gasteiger partial charge in [-0.1, -0.05) is 81.8 Å². The van der Waals surface area contributed by atoms with Crippen molar-refractivity contribution in [2.24, 2.45) is 0 Å². The highest BCUT2D eigenvalue weighted by molar-refractivity contribution is 6.40. The van der Waals surface area contributed by atoms with Gasteiger partial charge in [-0.25, -0.2) is 4.57 Å². The highest BCUT2D eigenvalue weighted by Crippen LogP contribution is 2.46. The minimum absolute atomic E-state index is 0.141. The number of para-hydroxylation sites is 1. The molecule has 2 heterocycles. The highest BCUT2D eigenvalue weighted by Gasteiger charge is 2.25. The Balaban J connectivity index is 1.46. The molecule has 0 aliphatic rings. The van der Waals surface area contributed by atoms with Gasteiger partial charge in [0, 0.05) is 43.4 Å². The Labute approximate surface area is 262 Å². The fourth-order valence-electron chi connectivity index (χ4n) is 7.75. The predicted octanol–water partition coefficient (Wildman–Crippen LogP) is 10.6. The topological polar surface area (TPSA) is 52.2 Å². The Kier molecular flexibility index (Phi) is 5.33. The van der Waals surface area contributed by atoms with E-state index in [1.807, 2.05) is 54.6 Å². The second-order valence-corrected chi connectivity index (χ2v) is 13.3. The molecular weight excluding hydrogens is 578 g/mol. The van der Waals surface area contributed by atoms with Crippen LogP contribution in [0.4, 0.5) is 0 Å². The summed E-state index contributed by atoms with van der Waals surface area (Å²) in [6, 6.07) is 28.2. The van der Waals surface area contributed by atoms with Crippen LogP contribution in [0.1, 0.15) is 50.7 Å². The quantitative estimate of drug-likeness (QED) is 0.149. The monoisotopic (exact) mass is 605 g/mol. The van der Waals surface area contributed by atoms with Crippen molar-refractivity contribution in [2.75, 3.05) is 0 Å². The molecule has 45 heavy (non-hydrogen) atoms. The van der Waals surface area contributed by atoms with Crippen LogP contribution in [0.25, 0.3) is 81.5 Å². The zero-order valence-corrected chi connectivity index (χ0v) is 26.0. The Morgan fingerprint density at radius 3 is 1.53 bits per heavy atom. The first-order valence-corrected chi connectivity index (χ1v) is 15.8. The second kappa shape index (κ2) is 9.06. The van der Waals surface area contributed by atoms with Crippen molar-refractivity contribution < 1.29 is 4.42 Å². The van der Waals surface area contributed by atoms with Gasteiger partial charge in [-0.2, -0.15) is 0 Å². The zero-order valence-electron chi connectivity index (χ0n) is 25.3. The Hall–Kier alpha value is -4.93. The Morgan fingerprint density at radius 2 is 0.978 bits per heavy atom. The van der Waals surface area contributed by atoms with E-state index in [4.69, 9.17) is 16.0 Å². The average molecular weight is 606 g/mol. The van der Waals surface area contributed by atoms with E-state index in [1.54, 1.807) is 0 Å². The molecule has 0 fully saturated rings. The molecule has 0 aliphatic carbocycles. The average Bonchev–Trinajstić information content (AvgIpc) is 3.03. The molecule has 218 valence electrons. The number of aromatic nitrogens is 1. The number of fused-ring (bicyclic) bond motifs is 4. The van der Waals surface area contributed by atoms with Gasteiger partial charge in [0.05, 0.1) is 5.69 Å². The molecule has 0 radical (unpaired) electrons. The fraction of sp³-hybridized carbons (Fsp3) is 0.150. The van der Waals surface area contributed by atoms with Crippen molar-refractivity contribution in [3.63, 3.8) is 0 Å². The molecule has 5 heteroatoms. The molecule has 0 saturated heterocycles. The van der Waals surface area contributed by atoms with Crippen molar-refractivity contribution in [2.45, 2.75) is 39.5 Å². The van der Waals surface area contributed by atoms with Gasteiger partial charge in [-0.15, -0.1) is 0 Å². The van der Waals surface area contributed by atoms with E-state index in [1.165, 1.54) is 4.57 Å². The summed E-state index contributed by atoms with van der Waals surface area (Å²) in [5, 5.41) is 11.9. The molecule has 0 unspecified atom stereocenters. The first-order valence-electron chi connectivity index (χ1n) is 15.4. The SMILES string of the molecule is CC(C)c1cccc(C(C)C)c1-n1c(=O)c2ccc3c4ccc5oc6cc(Cl)ccc6c6ccc(c7ccc(c1=O)c2c37)c4c56. The predicted molar refractivity (Wildman–Crippen MR) is 189 cm³/mol. The third kappa shape index (κ3) is 3.38. The summed E-state index contributed by atoms with van der Waals surface area (Å²) in [6.07, 6.45) is 0. The number of hydrogen-bond acceptors (Lipinski definition) is 3. The van der Waals surface area contributed by atoms with Gasteiger partial charge in [0.15, 0.2) is 0 Å². The van der Waals surface area contributed by atoms with E-state index in [2.05, 4.69) is 58.0 Å². The lowest BCUT2D eigenvalue weighted by Gasteiger charge is -2.22. The van der Waals surface area contributed by atoms with Crippen LogP contribution in [0, 0.1) is 0 Å². The highest BCUT2D eigenvalue weighted by atomic mass is 35.5. The van der Waals surface area contributed by atoms with Crippen molar-refractivity contribution in [3.8, 4) is 5.69 Å². The van der Waals surface area contributed by atoms with Crippen LogP contribution in [-0.4, -0.2) is 4.57 Å². The molecule has 0 bridgehead atoms. The molecule has 9 rings (SSSR count). The summed E-state index contributed by atoms with van der Waals surface area (Å²) in [6.45, 7) is 8.42.